The van der Waals surface area contributed by atoms with Crippen LogP contribution in [0.2, 0.25) is 0 Å². The minimum atomic E-state index is -4.70. The van der Waals surface area contributed by atoms with Gasteiger partial charge in [-0.1, -0.05) is 24.3 Å². The van der Waals surface area contributed by atoms with Gasteiger partial charge in [-0.15, -0.1) is 24.8 Å². The lowest BCUT2D eigenvalue weighted by Gasteiger charge is -2.12. The molecule has 0 aliphatic rings. The number of aliphatic hydroxyl groups excluding tert-OH is 1. The van der Waals surface area contributed by atoms with Crippen LogP contribution in [-0.4, -0.2) is 30.0 Å². The Morgan fingerprint density at radius 2 is 1.78 bits per heavy atom. The van der Waals surface area contributed by atoms with Gasteiger partial charge in [0.05, 0.1) is 12.0 Å². The minimum absolute atomic E-state index is 0.132. The Hall–Kier alpha value is -1.92. The van der Waals surface area contributed by atoms with E-state index in [4.69, 9.17) is 11.6 Å². The molecule has 0 saturated heterocycles. The van der Waals surface area contributed by atoms with E-state index in [1.807, 2.05) is 24.3 Å². The molecule has 7 heteroatoms. The molecule has 2 N–H and O–H groups in total. The maximum absolute atomic E-state index is 12.1. The van der Waals surface area contributed by atoms with Gasteiger partial charge in [0.15, 0.2) is 0 Å². The van der Waals surface area contributed by atoms with Crippen LogP contribution in [0.3, 0.4) is 0 Å². The zero-order valence-corrected chi connectivity index (χ0v) is 12.7. The molecule has 3 nitrogen and oxygen atoms in total. The molecule has 0 aliphatic heterocycles. The van der Waals surface area contributed by atoms with E-state index >= 15 is 0 Å². The summed E-state index contributed by atoms with van der Waals surface area (Å²) in [4.78, 5) is 0. The molecule has 0 bridgehead atoms. The standard InChI is InChI=1S/C16H15ClF3NO2/c17-9-14(22)10-21-13-3-1-2-12(8-13)11-4-6-15(7-5-11)23-16(18,19)20/h1-8,14,21-22H,9-10H2. The number of anilines is 1. The number of alkyl halides is 4. The van der Waals surface area contributed by atoms with Crippen LogP contribution in [0.25, 0.3) is 11.1 Å². The van der Waals surface area contributed by atoms with Crippen molar-refractivity contribution in [3.05, 3.63) is 48.5 Å². The Bertz CT molecular complexity index is 632. The normalized spacial score (nSPS) is 12.7. The second-order valence-electron chi connectivity index (χ2n) is 4.84. The summed E-state index contributed by atoms with van der Waals surface area (Å²) in [6, 6.07) is 12.9. The van der Waals surface area contributed by atoms with Crippen LogP contribution < -0.4 is 10.1 Å². The summed E-state index contributed by atoms with van der Waals surface area (Å²) in [5.74, 6) is -0.131. The lowest BCUT2D eigenvalue weighted by Crippen LogP contribution is -2.20. The van der Waals surface area contributed by atoms with Crippen LogP contribution >= 0.6 is 11.6 Å². The van der Waals surface area contributed by atoms with Crippen LogP contribution in [0.15, 0.2) is 48.5 Å². The molecule has 0 spiro atoms. The Balaban J connectivity index is 2.09. The van der Waals surface area contributed by atoms with Crippen LogP contribution in [0, 0.1) is 0 Å². The lowest BCUT2D eigenvalue weighted by atomic mass is 10.0. The molecule has 2 aromatic carbocycles. The van der Waals surface area contributed by atoms with Crippen molar-refractivity contribution in [3.8, 4) is 16.9 Å². The average molecular weight is 346 g/mol. The fourth-order valence-electron chi connectivity index (χ4n) is 1.95. The van der Waals surface area contributed by atoms with Crippen molar-refractivity contribution < 1.29 is 23.0 Å². The molecule has 23 heavy (non-hydrogen) atoms. The molecule has 0 heterocycles. The first-order valence-corrected chi connectivity index (χ1v) is 7.35. The van der Waals surface area contributed by atoms with Gasteiger partial charge in [0.1, 0.15) is 5.75 Å². The van der Waals surface area contributed by atoms with Gasteiger partial charge >= 0.3 is 6.36 Å². The predicted octanol–water partition coefficient (Wildman–Crippen LogP) is 4.26. The zero-order chi connectivity index (χ0) is 16.9. The van der Waals surface area contributed by atoms with Crippen LogP contribution in [0.1, 0.15) is 0 Å². The molecule has 1 unspecified atom stereocenters. The van der Waals surface area contributed by atoms with Crippen molar-refractivity contribution in [2.24, 2.45) is 0 Å². The first kappa shape index (κ1) is 17.4. The molecule has 2 aromatic rings. The van der Waals surface area contributed by atoms with Gasteiger partial charge in [-0.25, -0.2) is 0 Å². The number of hydrogen-bond donors (Lipinski definition) is 2. The summed E-state index contributed by atoms with van der Waals surface area (Å²) in [5.41, 5.74) is 2.36. The smallest absolute Gasteiger partial charge is 0.406 e. The number of aliphatic hydroxyl groups is 1. The van der Waals surface area contributed by atoms with Gasteiger partial charge in [-0.05, 0) is 35.4 Å². The number of nitrogens with one attached hydrogen (secondary N) is 1. The third-order valence-corrected chi connectivity index (χ3v) is 3.36. The highest BCUT2D eigenvalue weighted by Gasteiger charge is 2.30. The Labute approximate surface area is 136 Å². The molecule has 0 saturated carbocycles. The largest absolute Gasteiger partial charge is 0.573 e. The van der Waals surface area contributed by atoms with E-state index in [1.54, 1.807) is 12.1 Å². The average Bonchev–Trinajstić information content (AvgIpc) is 2.52. The lowest BCUT2D eigenvalue weighted by molar-refractivity contribution is -0.274. The molecule has 124 valence electrons. The SMILES string of the molecule is OC(CCl)CNc1cccc(-c2ccc(OC(F)(F)F)cc2)c1. The van der Waals surface area contributed by atoms with E-state index in [0.717, 1.165) is 16.8 Å². The molecule has 0 aromatic heterocycles. The molecule has 0 aliphatic carbocycles. The fraction of sp³-hybridized carbons (Fsp3) is 0.250. The number of rotatable bonds is 6. The quantitative estimate of drug-likeness (QED) is 0.768. The van der Waals surface area contributed by atoms with E-state index in [2.05, 4.69) is 10.1 Å². The van der Waals surface area contributed by atoms with Gasteiger partial charge in [0, 0.05) is 12.2 Å². The molecular weight excluding hydrogens is 331 g/mol. The van der Waals surface area contributed by atoms with Crippen LogP contribution in [0.4, 0.5) is 18.9 Å². The maximum Gasteiger partial charge on any atom is 0.573 e. The minimum Gasteiger partial charge on any atom is -0.406 e. The zero-order valence-electron chi connectivity index (χ0n) is 12.0. The summed E-state index contributed by atoms with van der Waals surface area (Å²) < 4.78 is 40.3. The summed E-state index contributed by atoms with van der Waals surface area (Å²) in [5, 5.41) is 12.5. The Morgan fingerprint density at radius 3 is 2.39 bits per heavy atom. The van der Waals surface area contributed by atoms with Crippen molar-refractivity contribution in [2.75, 3.05) is 17.7 Å². The highest BCUT2D eigenvalue weighted by atomic mass is 35.5. The topological polar surface area (TPSA) is 41.5 Å². The van der Waals surface area contributed by atoms with Crippen molar-refractivity contribution in [3.63, 3.8) is 0 Å². The van der Waals surface area contributed by atoms with Crippen molar-refractivity contribution in [2.45, 2.75) is 12.5 Å². The number of halogens is 4. The highest BCUT2D eigenvalue weighted by Crippen LogP contribution is 2.27. The van der Waals surface area contributed by atoms with Crippen LogP contribution in [-0.2, 0) is 0 Å². The van der Waals surface area contributed by atoms with E-state index in [9.17, 15) is 18.3 Å². The van der Waals surface area contributed by atoms with E-state index in [-0.39, 0.29) is 11.6 Å². The number of ether oxygens (including phenoxy) is 1. The summed E-state index contributed by atoms with van der Waals surface area (Å²) in [6.07, 6.45) is -5.35. The van der Waals surface area contributed by atoms with Gasteiger partial charge < -0.3 is 15.2 Å². The molecular formula is C16H15ClF3NO2. The first-order chi connectivity index (χ1) is 10.9. The number of hydrogen-bond acceptors (Lipinski definition) is 3. The molecule has 0 amide bonds. The second-order valence-corrected chi connectivity index (χ2v) is 5.15. The van der Waals surface area contributed by atoms with Gasteiger partial charge in [0.2, 0.25) is 0 Å². The van der Waals surface area contributed by atoms with E-state index in [1.165, 1.54) is 12.1 Å². The first-order valence-electron chi connectivity index (χ1n) is 6.81. The van der Waals surface area contributed by atoms with Gasteiger partial charge in [-0.3, -0.25) is 0 Å². The van der Waals surface area contributed by atoms with Crippen molar-refractivity contribution in [1.29, 1.82) is 0 Å². The number of benzene rings is 2. The molecule has 1 atom stereocenters. The summed E-state index contributed by atoms with van der Waals surface area (Å²) in [7, 11) is 0. The van der Waals surface area contributed by atoms with Gasteiger partial charge in [0.25, 0.3) is 0 Å². The summed E-state index contributed by atoms with van der Waals surface area (Å²) >= 11 is 5.52. The second kappa shape index (κ2) is 7.57. The highest BCUT2D eigenvalue weighted by molar-refractivity contribution is 6.18. The third kappa shape index (κ3) is 5.65. The van der Waals surface area contributed by atoms with Gasteiger partial charge in [-0.2, -0.15) is 0 Å². The Kier molecular flexibility index (Phi) is 5.74. The predicted molar refractivity (Wildman–Crippen MR) is 83.8 cm³/mol. The van der Waals surface area contributed by atoms with E-state index < -0.39 is 12.5 Å². The third-order valence-electron chi connectivity index (χ3n) is 3.00. The molecule has 0 fully saturated rings. The fourth-order valence-corrected chi connectivity index (χ4v) is 2.06. The Morgan fingerprint density at radius 1 is 1.09 bits per heavy atom. The van der Waals surface area contributed by atoms with E-state index in [0.29, 0.717) is 6.54 Å². The molecule has 0 radical (unpaired) electrons. The maximum atomic E-state index is 12.1. The summed E-state index contributed by atoms with van der Waals surface area (Å²) in [6.45, 7) is 0.311. The van der Waals surface area contributed by atoms with Crippen LogP contribution in [0.5, 0.6) is 5.75 Å². The molecule has 2 rings (SSSR count). The van der Waals surface area contributed by atoms with Crippen molar-refractivity contribution in [1.82, 2.24) is 0 Å². The monoisotopic (exact) mass is 345 g/mol. The van der Waals surface area contributed by atoms with Crippen molar-refractivity contribution >= 4 is 17.3 Å².